The third-order valence-electron chi connectivity index (χ3n) is 11.9. The highest BCUT2D eigenvalue weighted by Crippen LogP contribution is 2.49. The Labute approximate surface area is 342 Å². The van der Waals surface area contributed by atoms with Crippen LogP contribution < -0.4 is 0 Å². The van der Waals surface area contributed by atoms with Crippen molar-refractivity contribution in [2.45, 2.75) is 19.3 Å². The zero-order valence-corrected chi connectivity index (χ0v) is 33.1. The molecular weight excluding hydrogens is 721 g/mol. The van der Waals surface area contributed by atoms with Crippen molar-refractivity contribution in [3.63, 3.8) is 0 Å². The summed E-state index contributed by atoms with van der Waals surface area (Å²) in [5, 5.41) is 2.58. The van der Waals surface area contributed by atoms with Crippen molar-refractivity contribution in [3.8, 4) is 78.4 Å². The molecule has 0 saturated heterocycles. The minimum atomic E-state index is -0.117. The molecule has 0 aliphatic heterocycles. The molecule has 3 heteroatoms. The van der Waals surface area contributed by atoms with E-state index in [1.165, 1.54) is 59.1 Å². The molecule has 2 nitrogen and oxygen atoms in total. The largest absolute Gasteiger partial charge is 0.228 e. The van der Waals surface area contributed by atoms with Crippen LogP contribution in [0.1, 0.15) is 25.0 Å². The Balaban J connectivity index is 1.10. The molecule has 0 atom stereocenters. The van der Waals surface area contributed by atoms with E-state index in [-0.39, 0.29) is 5.41 Å². The third kappa shape index (κ3) is 5.86. The molecule has 11 rings (SSSR count). The third-order valence-corrected chi connectivity index (χ3v) is 13.1. The Kier molecular flexibility index (Phi) is 8.06. The van der Waals surface area contributed by atoms with Gasteiger partial charge in [0.2, 0.25) is 0 Å². The second kappa shape index (κ2) is 13.6. The molecular formula is C55H38N2S. The fourth-order valence-electron chi connectivity index (χ4n) is 8.82. The molecule has 0 fully saturated rings. The Bertz CT molecular complexity index is 3180. The maximum atomic E-state index is 5.33. The fourth-order valence-corrected chi connectivity index (χ4v) is 9.91. The number of aromatic nitrogens is 2. The highest BCUT2D eigenvalue weighted by molar-refractivity contribution is 7.25. The monoisotopic (exact) mass is 758 g/mol. The van der Waals surface area contributed by atoms with Gasteiger partial charge in [0.15, 0.2) is 5.82 Å². The molecule has 274 valence electrons. The SMILES string of the molecule is CC1(C)c2ccccc2-c2ccc(-c3cc(-c4cc(-c5ccc(-c6ccccc6)cc5)cc(-c5ccc6sc7ccccc7c6c5)c4)nc(-c4ccccc4)n3)cc21. The van der Waals surface area contributed by atoms with Gasteiger partial charge in [0.05, 0.1) is 11.4 Å². The number of hydrogen-bond acceptors (Lipinski definition) is 3. The Morgan fingerprint density at radius 1 is 0.345 bits per heavy atom. The van der Waals surface area contributed by atoms with E-state index < -0.39 is 0 Å². The van der Waals surface area contributed by atoms with Gasteiger partial charge in [0.1, 0.15) is 0 Å². The van der Waals surface area contributed by atoms with Gasteiger partial charge in [-0.2, -0.15) is 0 Å². The predicted octanol–water partition coefficient (Wildman–Crippen LogP) is 15.2. The highest BCUT2D eigenvalue weighted by Gasteiger charge is 2.35. The molecule has 10 aromatic rings. The van der Waals surface area contributed by atoms with Crippen molar-refractivity contribution in [1.82, 2.24) is 9.97 Å². The molecule has 1 aliphatic rings. The van der Waals surface area contributed by atoms with Gasteiger partial charge in [0, 0.05) is 42.3 Å². The van der Waals surface area contributed by atoms with Crippen molar-refractivity contribution >= 4 is 31.5 Å². The van der Waals surface area contributed by atoms with Crippen LogP contribution >= 0.6 is 11.3 Å². The summed E-state index contributed by atoms with van der Waals surface area (Å²) in [6, 6.07) is 70.3. The first-order valence-corrected chi connectivity index (χ1v) is 20.7. The van der Waals surface area contributed by atoms with Gasteiger partial charge in [0.25, 0.3) is 0 Å². The summed E-state index contributed by atoms with van der Waals surface area (Å²) in [4.78, 5) is 10.6. The van der Waals surface area contributed by atoms with Crippen LogP contribution in [-0.2, 0) is 5.41 Å². The zero-order chi connectivity index (χ0) is 38.8. The van der Waals surface area contributed by atoms with Crippen molar-refractivity contribution in [3.05, 3.63) is 205 Å². The Morgan fingerprint density at radius 3 is 1.66 bits per heavy atom. The van der Waals surface area contributed by atoms with E-state index in [9.17, 15) is 0 Å². The lowest BCUT2D eigenvalue weighted by Crippen LogP contribution is -2.14. The van der Waals surface area contributed by atoms with E-state index >= 15 is 0 Å². The molecule has 0 bridgehead atoms. The number of rotatable bonds is 6. The minimum absolute atomic E-state index is 0.117. The van der Waals surface area contributed by atoms with Crippen LogP contribution in [0.15, 0.2) is 194 Å². The average molecular weight is 759 g/mol. The van der Waals surface area contributed by atoms with Gasteiger partial charge >= 0.3 is 0 Å². The van der Waals surface area contributed by atoms with Crippen molar-refractivity contribution < 1.29 is 0 Å². The zero-order valence-electron chi connectivity index (χ0n) is 32.3. The number of thiophene rings is 1. The highest BCUT2D eigenvalue weighted by atomic mass is 32.1. The lowest BCUT2D eigenvalue weighted by molar-refractivity contribution is 0.660. The summed E-state index contributed by atoms with van der Waals surface area (Å²) < 4.78 is 2.61. The molecule has 0 unspecified atom stereocenters. The van der Waals surface area contributed by atoms with Gasteiger partial charge < -0.3 is 0 Å². The first-order valence-electron chi connectivity index (χ1n) is 19.9. The second-order valence-electron chi connectivity index (χ2n) is 15.8. The number of fused-ring (bicyclic) bond motifs is 6. The topological polar surface area (TPSA) is 25.8 Å². The van der Waals surface area contributed by atoms with Crippen LogP contribution in [0.4, 0.5) is 0 Å². The first-order chi connectivity index (χ1) is 28.5. The Hall–Kier alpha value is -6.94. The van der Waals surface area contributed by atoms with Crippen molar-refractivity contribution in [2.24, 2.45) is 0 Å². The second-order valence-corrected chi connectivity index (χ2v) is 16.9. The fraction of sp³-hybridized carbons (Fsp3) is 0.0545. The van der Waals surface area contributed by atoms with E-state index in [0.717, 1.165) is 44.8 Å². The summed E-state index contributed by atoms with van der Waals surface area (Å²) in [6.07, 6.45) is 0. The predicted molar refractivity (Wildman–Crippen MR) is 245 cm³/mol. The standard InChI is InChI=1S/C55H38N2S/c1-55(2)48-19-11-9-17-44(48)45-27-25-40(33-49(45)55)50-34-51(57-54(56-50)38-15-7-4-8-16-38)43-30-41(37-23-21-36(22-24-37)35-13-5-3-6-14-35)29-42(31-43)39-26-28-53-47(32-39)46-18-10-12-20-52(46)58-53/h3-34H,1-2H3. The van der Waals surface area contributed by atoms with E-state index in [1.54, 1.807) is 0 Å². The summed E-state index contributed by atoms with van der Waals surface area (Å²) in [5.74, 6) is 0.710. The van der Waals surface area contributed by atoms with Crippen molar-refractivity contribution in [2.75, 3.05) is 0 Å². The van der Waals surface area contributed by atoms with Gasteiger partial charge in [-0.25, -0.2) is 9.97 Å². The summed E-state index contributed by atoms with van der Waals surface area (Å²) >= 11 is 1.85. The number of nitrogens with zero attached hydrogens (tertiary/aromatic N) is 2. The summed E-state index contributed by atoms with van der Waals surface area (Å²) in [6.45, 7) is 4.66. The lowest BCUT2D eigenvalue weighted by atomic mass is 9.82. The van der Waals surface area contributed by atoms with Crippen molar-refractivity contribution in [1.29, 1.82) is 0 Å². The van der Waals surface area contributed by atoms with Crippen LogP contribution in [0, 0.1) is 0 Å². The molecule has 0 saturated carbocycles. The van der Waals surface area contributed by atoms with Gasteiger partial charge in [-0.1, -0.05) is 159 Å². The maximum absolute atomic E-state index is 5.33. The number of hydrogen-bond donors (Lipinski definition) is 0. The molecule has 1 aliphatic carbocycles. The quantitative estimate of drug-likeness (QED) is 0.169. The maximum Gasteiger partial charge on any atom is 0.160 e. The lowest BCUT2D eigenvalue weighted by Gasteiger charge is -2.22. The Morgan fingerprint density at radius 2 is 0.879 bits per heavy atom. The van der Waals surface area contributed by atoms with Gasteiger partial charge in [-0.3, -0.25) is 0 Å². The van der Waals surface area contributed by atoms with E-state index in [1.807, 2.05) is 17.4 Å². The van der Waals surface area contributed by atoms with Gasteiger partial charge in [-0.05, 0) is 104 Å². The van der Waals surface area contributed by atoms with Crippen LogP contribution in [0.3, 0.4) is 0 Å². The van der Waals surface area contributed by atoms with Crippen LogP contribution in [0.2, 0.25) is 0 Å². The van der Waals surface area contributed by atoms with E-state index in [0.29, 0.717) is 5.82 Å². The van der Waals surface area contributed by atoms with Crippen LogP contribution in [0.5, 0.6) is 0 Å². The average Bonchev–Trinajstić information content (AvgIpc) is 3.77. The molecule has 0 N–H and O–H groups in total. The molecule has 0 amide bonds. The minimum Gasteiger partial charge on any atom is -0.228 e. The van der Waals surface area contributed by atoms with Crippen LogP contribution in [-0.4, -0.2) is 9.97 Å². The van der Waals surface area contributed by atoms with E-state index in [2.05, 4.69) is 202 Å². The molecule has 2 aromatic heterocycles. The normalized spacial score (nSPS) is 12.8. The van der Waals surface area contributed by atoms with Crippen LogP contribution in [0.25, 0.3) is 98.6 Å². The van der Waals surface area contributed by atoms with E-state index in [4.69, 9.17) is 9.97 Å². The number of benzene rings is 8. The molecule has 8 aromatic carbocycles. The smallest absolute Gasteiger partial charge is 0.160 e. The molecule has 0 radical (unpaired) electrons. The molecule has 0 spiro atoms. The molecule has 2 heterocycles. The summed E-state index contributed by atoms with van der Waals surface area (Å²) in [5.41, 5.74) is 17.1. The first kappa shape index (κ1) is 34.3. The summed E-state index contributed by atoms with van der Waals surface area (Å²) in [7, 11) is 0. The van der Waals surface area contributed by atoms with Gasteiger partial charge in [-0.15, -0.1) is 11.3 Å². The molecule has 58 heavy (non-hydrogen) atoms.